The highest BCUT2D eigenvalue weighted by Gasteiger charge is 2.46. The summed E-state index contributed by atoms with van der Waals surface area (Å²) < 4.78 is 55.3. The number of fused-ring (bicyclic) bond motifs is 4. The molecule has 1 amide bonds. The average molecular weight is 625 g/mol. The second-order valence-electron chi connectivity index (χ2n) is 10.8. The minimum Gasteiger partial charge on any atom is -0.507 e. The van der Waals surface area contributed by atoms with Crippen LogP contribution in [0, 0.1) is 20.8 Å². The van der Waals surface area contributed by atoms with Crippen molar-refractivity contribution in [2.24, 2.45) is 0 Å². The fourth-order valence-corrected chi connectivity index (χ4v) is 7.05. The predicted molar refractivity (Wildman–Crippen MR) is 163 cm³/mol. The standard InChI is InChI=1S/C32H36N2O9S/c1-16-9-11-20(12-10-16)44(37,38)43-28-18(3)29(40-6)24(39-5)14-19(28)13-22-26-25-21(15-23(34(26)4)32(36)33-22)27(35)17(2)30(41-7)31(25)42-8/h9-14,23,26,35H,15H2,1-8H3,(H,33,36)/b22-13-/t23-,26-/m0/s1. The number of nitrogens with one attached hydrogen (secondary N) is 1. The molecule has 0 saturated carbocycles. The highest BCUT2D eigenvalue weighted by Crippen LogP contribution is 2.53. The molecule has 234 valence electrons. The third kappa shape index (κ3) is 4.97. The lowest BCUT2D eigenvalue weighted by molar-refractivity contribution is -0.128. The summed E-state index contributed by atoms with van der Waals surface area (Å²) in [6, 6.07) is 6.73. The maximum absolute atomic E-state index is 13.5. The molecule has 44 heavy (non-hydrogen) atoms. The molecule has 3 aromatic rings. The zero-order chi connectivity index (χ0) is 32.1. The van der Waals surface area contributed by atoms with Crippen LogP contribution in [0.3, 0.4) is 0 Å². The van der Waals surface area contributed by atoms with Crippen LogP contribution in [0.2, 0.25) is 0 Å². The Morgan fingerprint density at radius 3 is 2.14 bits per heavy atom. The zero-order valence-electron chi connectivity index (χ0n) is 25.9. The molecular weight excluding hydrogens is 588 g/mol. The minimum atomic E-state index is -4.27. The second-order valence-corrected chi connectivity index (χ2v) is 12.4. The molecule has 3 aromatic carbocycles. The first-order chi connectivity index (χ1) is 20.9. The molecular formula is C32H36N2O9S. The van der Waals surface area contributed by atoms with Crippen molar-refractivity contribution >= 4 is 22.1 Å². The van der Waals surface area contributed by atoms with Crippen molar-refractivity contribution in [3.63, 3.8) is 0 Å². The maximum Gasteiger partial charge on any atom is 0.339 e. The summed E-state index contributed by atoms with van der Waals surface area (Å²) in [5, 5.41) is 14.2. The van der Waals surface area contributed by atoms with E-state index in [-0.39, 0.29) is 28.7 Å². The van der Waals surface area contributed by atoms with Gasteiger partial charge >= 0.3 is 10.1 Å². The van der Waals surface area contributed by atoms with Crippen LogP contribution in [-0.4, -0.2) is 65.9 Å². The van der Waals surface area contributed by atoms with Crippen molar-refractivity contribution < 1.29 is 41.4 Å². The molecule has 0 radical (unpaired) electrons. The number of methoxy groups -OCH3 is 4. The molecule has 2 aliphatic rings. The van der Waals surface area contributed by atoms with Crippen LogP contribution in [0.15, 0.2) is 40.9 Å². The fourth-order valence-electron chi connectivity index (χ4n) is 6.05. The number of hydrogen-bond donors (Lipinski definition) is 2. The number of piperazine rings is 1. The van der Waals surface area contributed by atoms with Gasteiger partial charge in [0, 0.05) is 39.9 Å². The van der Waals surface area contributed by atoms with Crippen molar-refractivity contribution in [2.75, 3.05) is 35.5 Å². The van der Waals surface area contributed by atoms with Crippen LogP contribution < -0.4 is 28.4 Å². The number of aromatic hydroxyl groups is 1. The summed E-state index contributed by atoms with van der Waals surface area (Å²) in [6.45, 7) is 5.25. The largest absolute Gasteiger partial charge is 0.507 e. The topological polar surface area (TPSA) is 133 Å². The number of rotatable bonds is 8. The summed E-state index contributed by atoms with van der Waals surface area (Å²) >= 11 is 0. The molecule has 2 aliphatic heterocycles. The summed E-state index contributed by atoms with van der Waals surface area (Å²) in [7, 11) is 3.48. The van der Waals surface area contributed by atoms with Crippen molar-refractivity contribution in [3.05, 3.63) is 69.4 Å². The van der Waals surface area contributed by atoms with Gasteiger partial charge in [-0.15, -0.1) is 0 Å². The monoisotopic (exact) mass is 624 g/mol. The molecule has 12 heteroatoms. The van der Waals surface area contributed by atoms with Crippen LogP contribution in [0.1, 0.15) is 39.4 Å². The Kier molecular flexibility index (Phi) is 8.17. The third-order valence-electron chi connectivity index (χ3n) is 8.29. The molecule has 2 bridgehead atoms. The number of phenols is 1. The number of carbonyl (C=O) groups excluding carboxylic acids is 1. The molecule has 5 rings (SSSR count). The van der Waals surface area contributed by atoms with E-state index in [9.17, 15) is 18.3 Å². The number of carbonyl (C=O) groups is 1. The molecule has 0 spiro atoms. The van der Waals surface area contributed by atoms with E-state index in [1.165, 1.54) is 40.6 Å². The van der Waals surface area contributed by atoms with Gasteiger partial charge in [0.1, 0.15) is 10.6 Å². The zero-order valence-corrected chi connectivity index (χ0v) is 26.7. The molecule has 0 unspecified atom stereocenters. The number of ether oxygens (including phenoxy) is 4. The molecule has 2 heterocycles. The van der Waals surface area contributed by atoms with E-state index < -0.39 is 22.2 Å². The average Bonchev–Trinajstić information content (AvgIpc) is 2.99. The van der Waals surface area contributed by atoms with Crippen LogP contribution >= 0.6 is 0 Å². The number of phenolic OH excluding ortho intramolecular Hbond substituents is 1. The number of amides is 1. The first-order valence-electron chi connectivity index (χ1n) is 13.9. The van der Waals surface area contributed by atoms with Gasteiger partial charge in [-0.25, -0.2) is 0 Å². The van der Waals surface area contributed by atoms with Gasteiger partial charge in [0.05, 0.1) is 40.5 Å². The maximum atomic E-state index is 13.5. The van der Waals surface area contributed by atoms with E-state index in [4.69, 9.17) is 23.1 Å². The van der Waals surface area contributed by atoms with Gasteiger partial charge < -0.3 is 33.6 Å². The fraction of sp³-hybridized carbons (Fsp3) is 0.344. The summed E-state index contributed by atoms with van der Waals surface area (Å²) in [4.78, 5) is 15.3. The molecule has 0 aromatic heterocycles. The first kappa shape index (κ1) is 31.0. The Balaban J connectivity index is 1.75. The number of hydrogen-bond acceptors (Lipinski definition) is 10. The Morgan fingerprint density at radius 2 is 1.55 bits per heavy atom. The second kappa shape index (κ2) is 11.6. The molecule has 1 fully saturated rings. The minimum absolute atomic E-state index is 0.00193. The van der Waals surface area contributed by atoms with E-state index in [0.717, 1.165) is 5.56 Å². The number of benzene rings is 3. The lowest BCUT2D eigenvalue weighted by Crippen LogP contribution is -2.57. The van der Waals surface area contributed by atoms with E-state index in [1.54, 1.807) is 38.1 Å². The van der Waals surface area contributed by atoms with Crippen LogP contribution in [-0.2, 0) is 21.3 Å². The van der Waals surface area contributed by atoms with Crippen molar-refractivity contribution in [1.82, 2.24) is 10.2 Å². The summed E-state index contributed by atoms with van der Waals surface area (Å²) in [6.07, 6.45) is 1.90. The Bertz CT molecular complexity index is 1780. The van der Waals surface area contributed by atoms with Crippen LogP contribution in [0.4, 0.5) is 0 Å². The van der Waals surface area contributed by atoms with Gasteiger partial charge in [-0.3, -0.25) is 9.69 Å². The highest BCUT2D eigenvalue weighted by molar-refractivity contribution is 7.87. The van der Waals surface area contributed by atoms with Crippen molar-refractivity contribution in [1.29, 1.82) is 0 Å². The van der Waals surface area contributed by atoms with Crippen LogP contribution in [0.25, 0.3) is 6.08 Å². The molecule has 2 atom stereocenters. The normalized spacial score (nSPS) is 18.8. The quantitative estimate of drug-likeness (QED) is 0.352. The molecule has 11 nitrogen and oxygen atoms in total. The van der Waals surface area contributed by atoms with Gasteiger partial charge in [0.25, 0.3) is 0 Å². The lowest BCUT2D eigenvalue weighted by Gasteiger charge is -2.46. The third-order valence-corrected chi connectivity index (χ3v) is 9.53. The molecule has 2 N–H and O–H groups in total. The van der Waals surface area contributed by atoms with Crippen LogP contribution in [0.5, 0.6) is 34.5 Å². The van der Waals surface area contributed by atoms with Gasteiger partial charge in [0.15, 0.2) is 28.7 Å². The highest BCUT2D eigenvalue weighted by atomic mass is 32.2. The lowest BCUT2D eigenvalue weighted by atomic mass is 9.81. The van der Waals surface area contributed by atoms with E-state index in [2.05, 4.69) is 5.32 Å². The molecule has 0 aliphatic carbocycles. The number of aryl methyl sites for hydroxylation is 1. The number of likely N-dealkylation sites (N-methyl/N-ethyl adjacent to an activating group) is 1. The van der Waals surface area contributed by atoms with Crippen molar-refractivity contribution in [3.8, 4) is 34.5 Å². The SMILES string of the molecule is COc1cc(/C=C2\NC(=O)[C@@H]3Cc4c(O)c(C)c(OC)c(OC)c4[C@H]2N3C)c(OS(=O)(=O)c2ccc(C)cc2)c(C)c1OC. The smallest absolute Gasteiger partial charge is 0.339 e. The summed E-state index contributed by atoms with van der Waals surface area (Å²) in [5.74, 6) is 1.19. The van der Waals surface area contributed by atoms with Gasteiger partial charge in [-0.2, -0.15) is 8.42 Å². The van der Waals surface area contributed by atoms with E-state index in [0.29, 0.717) is 56.5 Å². The predicted octanol–water partition coefficient (Wildman–Crippen LogP) is 4.19. The Hall–Kier alpha value is -4.42. The van der Waals surface area contributed by atoms with Gasteiger partial charge in [0.2, 0.25) is 5.91 Å². The van der Waals surface area contributed by atoms with E-state index >= 15 is 0 Å². The number of nitrogens with zero attached hydrogens (tertiary/aromatic N) is 1. The first-order valence-corrected chi connectivity index (χ1v) is 15.3. The van der Waals surface area contributed by atoms with E-state index in [1.807, 2.05) is 18.9 Å². The molecule has 1 saturated heterocycles. The Labute approximate surface area is 257 Å². The Morgan fingerprint density at radius 1 is 0.909 bits per heavy atom. The van der Waals surface area contributed by atoms with Crippen molar-refractivity contribution in [2.45, 2.75) is 44.2 Å². The van der Waals surface area contributed by atoms with Gasteiger partial charge in [-0.1, -0.05) is 17.7 Å². The summed E-state index contributed by atoms with van der Waals surface area (Å²) in [5.41, 5.74) is 3.70. The van der Waals surface area contributed by atoms with Gasteiger partial charge in [-0.05, 0) is 52.1 Å².